The Bertz CT molecular complexity index is 1650. The molecular weight excluding hydrogens is 1050 g/mol. The Morgan fingerprint density at radius 1 is 0.412 bits per heavy atom. The number of hydrogen-bond acceptors (Lipinski definition) is 9. The van der Waals surface area contributed by atoms with Crippen molar-refractivity contribution in [2.75, 3.05) is 133 Å². The van der Waals surface area contributed by atoms with E-state index in [-0.39, 0.29) is 0 Å². The summed E-state index contributed by atoms with van der Waals surface area (Å²) in [6, 6.07) is 16.7. The molecule has 506 valence electrons. The van der Waals surface area contributed by atoms with Crippen LogP contribution in [0, 0.1) is 43.3 Å². The van der Waals surface area contributed by atoms with Gasteiger partial charge in [0.05, 0.1) is 13.2 Å². The molecule has 1 aromatic heterocycles. The number of methoxy groups -OCH3 is 1. The van der Waals surface area contributed by atoms with Crippen LogP contribution in [0.25, 0.3) is 0 Å². The summed E-state index contributed by atoms with van der Waals surface area (Å²) < 4.78 is 20.7. The third kappa shape index (κ3) is 82.1. The fourth-order valence-electron chi connectivity index (χ4n) is 7.73. The number of likely N-dealkylation sites (tertiary alicyclic amines) is 1. The van der Waals surface area contributed by atoms with Gasteiger partial charge in [-0.3, -0.25) is 4.98 Å². The number of hydrogen-bond donors (Lipinski definition) is 0. The van der Waals surface area contributed by atoms with Crippen LogP contribution in [0.2, 0.25) is 0 Å². The minimum atomic E-state index is 0.342. The molecule has 0 bridgehead atoms. The first-order valence-corrected chi connectivity index (χ1v) is 33.7. The first-order valence-electron chi connectivity index (χ1n) is 33.7. The topological polar surface area (TPSA) is 62.8 Å². The number of piperidine rings is 1. The maximum absolute atomic E-state index is 5.39. The van der Waals surface area contributed by atoms with Gasteiger partial charge in [0.15, 0.2) is 0 Å². The van der Waals surface area contributed by atoms with Gasteiger partial charge >= 0.3 is 0 Å². The Hall–Kier alpha value is -1.95. The van der Waals surface area contributed by atoms with Crippen molar-refractivity contribution in [2.45, 2.75) is 251 Å². The van der Waals surface area contributed by atoms with Gasteiger partial charge in [-0.05, 0) is 193 Å². The van der Waals surface area contributed by atoms with Crippen molar-refractivity contribution in [1.82, 2.24) is 24.6 Å². The zero-order valence-electron chi connectivity index (χ0n) is 63.2. The minimum absolute atomic E-state index is 0.342. The van der Waals surface area contributed by atoms with Crippen LogP contribution in [0.1, 0.15) is 249 Å². The molecule has 0 aliphatic carbocycles. The highest BCUT2D eigenvalue weighted by molar-refractivity contribution is 5.15. The normalized spacial score (nSPS) is 14.8. The average Bonchev–Trinajstić information content (AvgIpc) is 3.40. The summed E-state index contributed by atoms with van der Waals surface area (Å²) in [4.78, 5) is 14.1. The molecule has 2 aliphatic rings. The van der Waals surface area contributed by atoms with E-state index in [0.29, 0.717) is 43.3 Å². The second-order valence-corrected chi connectivity index (χ2v) is 34.0. The molecule has 2 fully saturated rings. The van der Waals surface area contributed by atoms with Crippen molar-refractivity contribution >= 4 is 0 Å². The van der Waals surface area contributed by atoms with E-state index in [2.05, 4.69) is 248 Å². The van der Waals surface area contributed by atoms with Crippen molar-refractivity contribution in [2.24, 2.45) is 43.3 Å². The van der Waals surface area contributed by atoms with E-state index >= 15 is 0 Å². The third-order valence-corrected chi connectivity index (χ3v) is 13.6. The first kappa shape index (κ1) is 89.5. The van der Waals surface area contributed by atoms with Gasteiger partial charge < -0.3 is 38.5 Å². The number of aromatic nitrogens is 1. The van der Waals surface area contributed by atoms with Crippen LogP contribution in [0.3, 0.4) is 0 Å². The van der Waals surface area contributed by atoms with E-state index in [1.54, 1.807) is 7.11 Å². The monoisotopic (exact) mass is 1200 g/mol. The highest BCUT2D eigenvalue weighted by Crippen LogP contribution is 2.24. The van der Waals surface area contributed by atoms with Crippen LogP contribution in [0.4, 0.5) is 0 Å². The number of ether oxygens (including phenoxy) is 4. The fourth-order valence-corrected chi connectivity index (χ4v) is 7.73. The molecule has 9 nitrogen and oxygen atoms in total. The van der Waals surface area contributed by atoms with Gasteiger partial charge in [0.1, 0.15) is 0 Å². The van der Waals surface area contributed by atoms with Crippen molar-refractivity contribution in [3.05, 3.63) is 66.0 Å². The van der Waals surface area contributed by atoms with E-state index < -0.39 is 0 Å². The van der Waals surface area contributed by atoms with Gasteiger partial charge in [-0.25, -0.2) is 0 Å². The highest BCUT2D eigenvalue weighted by atomic mass is 16.5. The van der Waals surface area contributed by atoms with Gasteiger partial charge in [-0.1, -0.05) is 209 Å². The molecule has 0 saturated carbocycles. The Balaban J connectivity index is -0.000000443. The van der Waals surface area contributed by atoms with E-state index in [9.17, 15) is 0 Å². The van der Waals surface area contributed by atoms with Crippen LogP contribution in [-0.4, -0.2) is 158 Å². The number of benzene rings is 1. The van der Waals surface area contributed by atoms with Crippen LogP contribution < -0.4 is 0 Å². The summed E-state index contributed by atoms with van der Waals surface area (Å²) in [5.41, 5.74) is 6.08. The standard InChI is InChI=1S/C11H24N2.C11H23N.C11H16.C10H15N.C10H22O2.C8H19N.C8H18O.C7H16O/c1-11(2,3)5-6-13-9-7-12(4)8-10-13;1-11(2,3)7-10-12-8-5-4-6-9-12;1-11(2,3)9-10-7-5-4-6-8-10;1-10(2,3)8-9-6-4-5-7-11-9;1-5-11-8-9-12-7-6-10(2,3)4;1-8(2,3)6-7-9(4)5;1-5-9-7-6-8(2,3)4;1-7(2,3)5-6-8-4/h5-10H2,1-4H3;4-10H2,1-3H3;4-8H,9H2,1-3H3;4-7H,8H2,1-3H3;5-9H2,1-4H3;6-7H2,1-5H3;5-7H2,1-4H3;5-6H2,1-4H3. The third-order valence-electron chi connectivity index (χ3n) is 13.6. The Labute approximate surface area is 534 Å². The predicted molar refractivity (Wildman–Crippen MR) is 380 cm³/mol. The second-order valence-electron chi connectivity index (χ2n) is 34.0. The summed E-state index contributed by atoms with van der Waals surface area (Å²) >= 11 is 0. The summed E-state index contributed by atoms with van der Waals surface area (Å²) in [6.45, 7) is 75.4. The first-order chi connectivity index (χ1) is 38.8. The van der Waals surface area contributed by atoms with E-state index in [0.717, 1.165) is 78.4 Å². The number of pyridine rings is 1. The lowest BCUT2D eigenvalue weighted by Crippen LogP contribution is -2.45. The molecule has 2 saturated heterocycles. The molecule has 0 amide bonds. The molecule has 1 aromatic carbocycles. The predicted octanol–water partition coefficient (Wildman–Crippen LogP) is 19.5. The maximum atomic E-state index is 5.39. The number of likely N-dealkylation sites (N-methyl/N-ethyl adjacent to an activating group) is 1. The quantitative estimate of drug-likeness (QED) is 0.128. The lowest BCUT2D eigenvalue weighted by molar-refractivity contribution is 0.0431. The summed E-state index contributed by atoms with van der Waals surface area (Å²) in [5.74, 6) is 0. The van der Waals surface area contributed by atoms with Crippen LogP contribution in [0.15, 0.2) is 54.7 Å². The average molecular weight is 1200 g/mol. The Morgan fingerprint density at radius 2 is 0.800 bits per heavy atom. The smallest absolute Gasteiger partial charge is 0.0700 e. The van der Waals surface area contributed by atoms with Crippen molar-refractivity contribution in [3.8, 4) is 0 Å². The molecule has 0 unspecified atom stereocenters. The van der Waals surface area contributed by atoms with Gasteiger partial charge in [0.25, 0.3) is 0 Å². The van der Waals surface area contributed by atoms with Gasteiger partial charge in [-0.2, -0.15) is 0 Å². The Morgan fingerprint density at radius 3 is 1.15 bits per heavy atom. The van der Waals surface area contributed by atoms with E-state index in [1.807, 2.05) is 32.2 Å². The van der Waals surface area contributed by atoms with Crippen LogP contribution >= 0.6 is 0 Å². The van der Waals surface area contributed by atoms with Crippen molar-refractivity contribution in [3.63, 3.8) is 0 Å². The molecule has 85 heavy (non-hydrogen) atoms. The van der Waals surface area contributed by atoms with Crippen LogP contribution in [0.5, 0.6) is 0 Å². The molecule has 3 heterocycles. The molecule has 4 rings (SSSR count). The van der Waals surface area contributed by atoms with Crippen molar-refractivity contribution < 1.29 is 18.9 Å². The largest absolute Gasteiger partial charge is 0.385 e. The molecule has 0 radical (unpaired) electrons. The zero-order valence-corrected chi connectivity index (χ0v) is 63.2. The minimum Gasteiger partial charge on any atom is -0.385 e. The molecule has 0 atom stereocenters. The molecule has 0 spiro atoms. The van der Waals surface area contributed by atoms with Gasteiger partial charge in [-0.15, -0.1) is 0 Å². The van der Waals surface area contributed by atoms with E-state index in [4.69, 9.17) is 18.9 Å². The summed E-state index contributed by atoms with van der Waals surface area (Å²) in [7, 11) is 8.18. The molecule has 2 aliphatic heterocycles. The van der Waals surface area contributed by atoms with E-state index in [1.165, 1.54) is 109 Å². The highest BCUT2D eigenvalue weighted by Gasteiger charge is 2.18. The number of rotatable bonds is 19. The summed E-state index contributed by atoms with van der Waals surface area (Å²) in [6.07, 6.45) is 15.7. The summed E-state index contributed by atoms with van der Waals surface area (Å²) in [5, 5.41) is 0. The Kier molecular flexibility index (Phi) is 51.4. The number of nitrogens with zero attached hydrogens (tertiary/aromatic N) is 5. The molecule has 2 aromatic rings. The van der Waals surface area contributed by atoms with Gasteiger partial charge in [0.2, 0.25) is 0 Å². The molecule has 0 N–H and O–H groups in total. The lowest BCUT2D eigenvalue weighted by atomic mass is 9.88. The zero-order chi connectivity index (χ0) is 66.5. The molecule has 9 heteroatoms. The second kappa shape index (κ2) is 48.8. The van der Waals surface area contributed by atoms with Gasteiger partial charge in [0, 0.05) is 78.2 Å². The maximum Gasteiger partial charge on any atom is 0.0700 e. The van der Waals surface area contributed by atoms with Crippen LogP contribution in [-0.2, 0) is 31.8 Å². The van der Waals surface area contributed by atoms with Crippen molar-refractivity contribution in [1.29, 1.82) is 0 Å². The molecular formula is C76H153N5O4. The lowest BCUT2D eigenvalue weighted by Gasteiger charge is -2.33. The fraction of sp³-hybridized carbons (Fsp3) is 0.855. The number of piperazine rings is 1. The SMILES string of the molecule is CC(C)(C)CCN1CCCCC1.CC(C)(C)Cc1ccccc1.CC(C)(C)Cc1ccccn1.CCOCCC(C)(C)C.CCOCCOCCC(C)(C)C.CN(C)CCC(C)(C)C.CN1CCN(CCC(C)(C)C)CC1.COCCC(C)(C)C.